The van der Waals surface area contributed by atoms with Crippen LogP contribution in [0, 0.1) is 11.3 Å². The molecule has 0 fully saturated rings. The maximum absolute atomic E-state index is 11.5. The van der Waals surface area contributed by atoms with E-state index < -0.39 is 0 Å². The molecule has 0 aromatic rings. The van der Waals surface area contributed by atoms with Crippen LogP contribution in [0.1, 0.15) is 20.3 Å². The van der Waals surface area contributed by atoms with E-state index in [9.17, 15) is 9.59 Å². The van der Waals surface area contributed by atoms with E-state index in [1.807, 2.05) is 13.8 Å². The largest absolute Gasteiger partial charge is 0.369 e. The van der Waals surface area contributed by atoms with Gasteiger partial charge in [-0.25, -0.2) is 5.01 Å². The first-order chi connectivity index (χ1) is 8.40. The van der Waals surface area contributed by atoms with E-state index in [0.29, 0.717) is 12.3 Å². The van der Waals surface area contributed by atoms with Crippen LogP contribution in [0.4, 0.5) is 0 Å². The molecule has 3 aliphatic rings. The Kier molecular flexibility index (Phi) is 2.03. The highest BCUT2D eigenvalue weighted by molar-refractivity contribution is 6.16. The number of carbonyl (C=O) groups is 2. The van der Waals surface area contributed by atoms with Gasteiger partial charge >= 0.3 is 0 Å². The van der Waals surface area contributed by atoms with Crippen molar-refractivity contribution in [2.75, 3.05) is 6.54 Å². The third-order valence-electron chi connectivity index (χ3n) is 3.72. The second-order valence-corrected chi connectivity index (χ2v) is 5.50. The van der Waals surface area contributed by atoms with Gasteiger partial charge in [0.25, 0.3) is 5.91 Å². The highest BCUT2D eigenvalue weighted by Crippen LogP contribution is 2.48. The molecule has 6 nitrogen and oxygen atoms in total. The number of hydrogen-bond acceptors (Lipinski definition) is 4. The molecule has 3 rings (SSSR count). The lowest BCUT2D eigenvalue weighted by molar-refractivity contribution is -0.121. The van der Waals surface area contributed by atoms with Gasteiger partial charge in [-0.15, -0.1) is 0 Å². The molecule has 0 bridgehead atoms. The summed E-state index contributed by atoms with van der Waals surface area (Å²) in [6, 6.07) is 0. The number of hydrogen-bond donors (Lipinski definition) is 1. The van der Waals surface area contributed by atoms with Crippen molar-refractivity contribution in [2.24, 2.45) is 27.2 Å². The Morgan fingerprint density at radius 2 is 2.28 bits per heavy atom. The summed E-state index contributed by atoms with van der Waals surface area (Å²) in [5.41, 5.74) is 6.97. The molecule has 0 radical (unpaired) electrons. The van der Waals surface area contributed by atoms with Gasteiger partial charge in [-0.05, 0) is 17.4 Å². The number of nitrogens with two attached hydrogens (primary N) is 1. The normalized spacial score (nSPS) is 28.3. The Hall–Kier alpha value is -1.98. The minimum Gasteiger partial charge on any atom is -0.369 e. The molecule has 6 heteroatoms. The maximum Gasteiger partial charge on any atom is 0.269 e. The predicted octanol–water partition coefficient (Wildman–Crippen LogP) is 0.0545. The average Bonchev–Trinajstić information content (AvgIpc) is 2.75. The summed E-state index contributed by atoms with van der Waals surface area (Å²) >= 11 is 0. The molecule has 0 spiro atoms. The Bertz CT molecular complexity index is 556. The molecule has 1 aliphatic carbocycles. The quantitative estimate of drug-likeness (QED) is 0.709. The van der Waals surface area contributed by atoms with E-state index in [0.717, 1.165) is 11.1 Å². The van der Waals surface area contributed by atoms with Crippen LogP contribution in [-0.4, -0.2) is 35.4 Å². The molecule has 94 valence electrons. The minimum atomic E-state index is -0.349. The number of hydrazone groups is 1. The Balaban J connectivity index is 2.16. The molecular formula is C12H14N4O2. The number of amides is 2. The lowest BCUT2D eigenvalue weighted by Gasteiger charge is -2.27. The van der Waals surface area contributed by atoms with Crippen LogP contribution in [0.5, 0.6) is 0 Å². The van der Waals surface area contributed by atoms with Crippen LogP contribution >= 0.6 is 0 Å². The first kappa shape index (κ1) is 11.1. The van der Waals surface area contributed by atoms with Crippen molar-refractivity contribution in [3.63, 3.8) is 0 Å². The molecule has 2 aliphatic heterocycles. The second-order valence-electron chi connectivity index (χ2n) is 5.50. The van der Waals surface area contributed by atoms with Crippen LogP contribution in [0.25, 0.3) is 0 Å². The van der Waals surface area contributed by atoms with Gasteiger partial charge in [0.05, 0.1) is 12.1 Å². The minimum absolute atomic E-state index is 0.180. The molecule has 1 unspecified atom stereocenters. The summed E-state index contributed by atoms with van der Waals surface area (Å²) in [6.07, 6.45) is 2.29. The number of amidine groups is 1. The highest BCUT2D eigenvalue weighted by Gasteiger charge is 2.47. The molecule has 0 saturated carbocycles. The molecule has 18 heavy (non-hydrogen) atoms. The smallest absolute Gasteiger partial charge is 0.269 e. The molecule has 2 amide bonds. The van der Waals surface area contributed by atoms with Crippen molar-refractivity contribution in [3.05, 3.63) is 11.1 Å². The number of rotatable bonds is 1. The number of nitrogens with zero attached hydrogens (tertiary/aromatic N) is 3. The zero-order chi connectivity index (χ0) is 13.1. The Morgan fingerprint density at radius 3 is 2.94 bits per heavy atom. The zero-order valence-corrected chi connectivity index (χ0v) is 10.3. The first-order valence-electron chi connectivity index (χ1n) is 5.87. The van der Waals surface area contributed by atoms with Gasteiger partial charge in [0, 0.05) is 5.57 Å². The maximum atomic E-state index is 11.5. The van der Waals surface area contributed by atoms with Crippen molar-refractivity contribution in [1.82, 2.24) is 5.01 Å². The van der Waals surface area contributed by atoms with Gasteiger partial charge in [0.1, 0.15) is 6.54 Å². The SMILES string of the molecule is CC1(C)CC(C(N)=O)C2=C1C1=NC(=O)CN1N=C2. The molecule has 2 N–H and O–H groups in total. The fourth-order valence-corrected chi connectivity index (χ4v) is 2.95. The first-order valence-corrected chi connectivity index (χ1v) is 5.87. The fourth-order valence-electron chi connectivity index (χ4n) is 2.95. The zero-order valence-electron chi connectivity index (χ0n) is 10.3. The van der Waals surface area contributed by atoms with Gasteiger partial charge < -0.3 is 5.73 Å². The molecular weight excluding hydrogens is 232 g/mol. The van der Waals surface area contributed by atoms with E-state index in [4.69, 9.17) is 5.73 Å². The van der Waals surface area contributed by atoms with E-state index in [-0.39, 0.29) is 29.7 Å². The lowest BCUT2D eigenvalue weighted by atomic mass is 9.83. The number of aliphatic imine (C=N–C) groups is 1. The molecule has 0 aromatic carbocycles. The third kappa shape index (κ3) is 1.35. The second kappa shape index (κ2) is 3.28. The highest BCUT2D eigenvalue weighted by atomic mass is 16.2. The third-order valence-corrected chi connectivity index (χ3v) is 3.72. The lowest BCUT2D eigenvalue weighted by Crippen LogP contribution is -2.32. The summed E-state index contributed by atoms with van der Waals surface area (Å²) in [6.45, 7) is 4.25. The van der Waals surface area contributed by atoms with Crippen molar-refractivity contribution in [2.45, 2.75) is 20.3 Å². The van der Waals surface area contributed by atoms with E-state index in [1.165, 1.54) is 0 Å². The molecule has 0 aromatic heterocycles. The van der Waals surface area contributed by atoms with Crippen LogP contribution in [-0.2, 0) is 9.59 Å². The Morgan fingerprint density at radius 1 is 1.56 bits per heavy atom. The molecule has 2 heterocycles. The average molecular weight is 246 g/mol. The molecule has 0 saturated heterocycles. The van der Waals surface area contributed by atoms with Crippen molar-refractivity contribution in [3.8, 4) is 0 Å². The van der Waals surface area contributed by atoms with Crippen LogP contribution in [0.15, 0.2) is 21.2 Å². The monoisotopic (exact) mass is 246 g/mol. The standard InChI is InChI=1S/C12H14N4O2/c1-12(2)3-6(10(13)18)7-4-14-16-5-8(17)15-11(16)9(7)12/h4,6H,3,5H2,1-2H3,(H2,13,18). The van der Waals surface area contributed by atoms with E-state index in [1.54, 1.807) is 11.2 Å². The summed E-state index contributed by atoms with van der Waals surface area (Å²) in [5.74, 6) is -0.294. The summed E-state index contributed by atoms with van der Waals surface area (Å²) in [5, 5.41) is 5.76. The van der Waals surface area contributed by atoms with Crippen LogP contribution in [0.2, 0.25) is 0 Å². The van der Waals surface area contributed by atoms with E-state index >= 15 is 0 Å². The molecule has 1 atom stereocenters. The summed E-state index contributed by atoms with van der Waals surface area (Å²) < 4.78 is 0. The van der Waals surface area contributed by atoms with Crippen molar-refractivity contribution in [1.29, 1.82) is 0 Å². The summed E-state index contributed by atoms with van der Waals surface area (Å²) in [7, 11) is 0. The van der Waals surface area contributed by atoms with Crippen LogP contribution in [0.3, 0.4) is 0 Å². The van der Waals surface area contributed by atoms with Gasteiger partial charge in [-0.2, -0.15) is 10.1 Å². The van der Waals surface area contributed by atoms with Crippen molar-refractivity contribution >= 4 is 23.9 Å². The van der Waals surface area contributed by atoms with Gasteiger partial charge in [-0.3, -0.25) is 9.59 Å². The number of primary amides is 1. The number of fused-ring (bicyclic) bond motifs is 2. The fraction of sp³-hybridized carbons (Fsp3) is 0.500. The Labute approximate surface area is 104 Å². The van der Waals surface area contributed by atoms with Gasteiger partial charge in [0.15, 0.2) is 5.84 Å². The van der Waals surface area contributed by atoms with Crippen molar-refractivity contribution < 1.29 is 9.59 Å². The topological polar surface area (TPSA) is 88.1 Å². The van der Waals surface area contributed by atoms with Gasteiger partial charge in [0.2, 0.25) is 5.91 Å². The summed E-state index contributed by atoms with van der Waals surface area (Å²) in [4.78, 5) is 26.9. The van der Waals surface area contributed by atoms with Crippen LogP contribution < -0.4 is 5.73 Å². The predicted molar refractivity (Wildman–Crippen MR) is 65.7 cm³/mol. The number of carbonyl (C=O) groups excluding carboxylic acids is 2. The van der Waals surface area contributed by atoms with Gasteiger partial charge in [-0.1, -0.05) is 13.8 Å². The van der Waals surface area contributed by atoms with E-state index in [2.05, 4.69) is 10.1 Å².